The Bertz CT molecular complexity index is 2570. The van der Waals surface area contributed by atoms with Gasteiger partial charge in [-0.15, -0.1) is 0 Å². The average Bonchev–Trinajstić information content (AvgIpc) is 4.15. The van der Waals surface area contributed by atoms with Gasteiger partial charge in [0, 0.05) is 35.8 Å². The second-order valence-corrected chi connectivity index (χ2v) is 29.0. The van der Waals surface area contributed by atoms with Crippen LogP contribution in [0.3, 0.4) is 0 Å². The Labute approximate surface area is 420 Å². The summed E-state index contributed by atoms with van der Waals surface area (Å²) in [6.07, 6.45) is 26.5. The number of aromatic nitrogens is 4. The third kappa shape index (κ3) is 7.10. The van der Waals surface area contributed by atoms with Crippen LogP contribution in [0.2, 0.25) is 0 Å². The molecule has 0 bridgehead atoms. The van der Waals surface area contributed by atoms with Crippen molar-refractivity contribution in [1.29, 1.82) is 0 Å². The monoisotopic (exact) mass is 978 g/mol. The van der Waals surface area contributed by atoms with Crippen LogP contribution in [0.4, 0.5) is 0 Å². The molecule has 4 saturated carbocycles. The first kappa shape index (κ1) is 47.4. The molecule has 2 aromatic heterocycles. The van der Waals surface area contributed by atoms with E-state index in [9.17, 15) is 8.42 Å². The number of nitrogens with zero attached hydrogens (tertiary/aromatic N) is 3. The molecule has 11 nitrogen and oxygen atoms in total. The van der Waals surface area contributed by atoms with Gasteiger partial charge in [0.25, 0.3) is 10.2 Å². The van der Waals surface area contributed by atoms with Gasteiger partial charge >= 0.3 is 0 Å². The fourth-order valence-corrected chi connectivity index (χ4v) is 21.6. The van der Waals surface area contributed by atoms with Crippen LogP contribution in [0.15, 0.2) is 34.7 Å². The second kappa shape index (κ2) is 16.6. The predicted molar refractivity (Wildman–Crippen MR) is 273 cm³/mol. The highest BCUT2D eigenvalue weighted by Crippen LogP contribution is 2.67. The number of fused-ring (bicyclic) bond motifs is 14. The molecule has 0 unspecified atom stereocenters. The highest BCUT2D eigenvalue weighted by atomic mass is 32.2. The maximum Gasteiger partial charge on any atom is 0.277 e. The number of hydrogen-bond acceptors (Lipinski definition) is 7. The Balaban J connectivity index is 0.000000138. The third-order valence-corrected chi connectivity index (χ3v) is 25.2. The Morgan fingerprint density at radius 2 is 1.19 bits per heavy atom. The summed E-state index contributed by atoms with van der Waals surface area (Å²) in [5, 5.41) is 25.0. The average molecular weight is 978 g/mol. The van der Waals surface area contributed by atoms with E-state index in [4.69, 9.17) is 14.6 Å². The summed E-state index contributed by atoms with van der Waals surface area (Å²) in [6.45, 7) is 21.0. The fraction of sp³-hybridized carbons (Fsp3) is 0.828. The number of hydrogen-bond donors (Lipinski definition) is 4. The topological polar surface area (TPSA) is 151 Å². The van der Waals surface area contributed by atoms with Crippen molar-refractivity contribution < 1.29 is 17.9 Å². The third-order valence-electron chi connectivity index (χ3n) is 24.1. The Morgan fingerprint density at radius 3 is 1.73 bits per heavy atom. The smallest absolute Gasteiger partial charge is 0.277 e. The van der Waals surface area contributed by atoms with Crippen molar-refractivity contribution in [1.82, 2.24) is 30.0 Å². The van der Waals surface area contributed by atoms with Crippen LogP contribution in [-0.2, 0) is 45.4 Å². The number of ether oxygens (including phenoxy) is 2. The van der Waals surface area contributed by atoms with Gasteiger partial charge in [0.1, 0.15) is 0 Å². The molecule has 14 rings (SSSR count). The standard InChI is InChI=1S/C29H44N4O3S.C29H43N3O/c1-16-9-26-27(33(15-16)37(30,34)35)18(3)29(36-26)8-7-21-22-6-5-20-10-25-19(14-31-32-25)13-28(20,4)24(22)11-23(21)17(2)12-29;1-16-9-26-27(30-14-16)18(3)29(33-26)8-7-21-22-6-5-20-10-25-19(15-31-32-25)13-28(20,4)24(22)11-23(21)17(2)12-29/h14,16,18,20-22,24,26-27H,5-13,15H2,1-4H3,(H,31,32)(H2,30,34,35);15-16,18,20-22,24,26-27,30H,5-14H2,1-4H3,(H,31,32)/t16-,18+,20+,21-,22-,24-,26+,27-,28-,29-;16-,18+,20-,21-,22-,24-,26+,27-,28-,29-/m00/s1. The number of nitrogens with two attached hydrogens (primary N) is 1. The molecule has 2 spiro atoms. The molecule has 20 atom stereocenters. The molecule has 8 aliphatic carbocycles. The minimum absolute atomic E-state index is 0.0543. The molecule has 0 amide bonds. The van der Waals surface area contributed by atoms with Gasteiger partial charge in [-0.05, 0) is 217 Å². The van der Waals surface area contributed by atoms with E-state index in [2.05, 4.69) is 93.5 Å². The van der Waals surface area contributed by atoms with Gasteiger partial charge in [-0.1, -0.05) is 63.8 Å². The summed E-state index contributed by atoms with van der Waals surface area (Å²) < 4.78 is 40.8. The molecular weight excluding hydrogens is 891 g/mol. The van der Waals surface area contributed by atoms with Crippen LogP contribution in [0, 0.1) is 81.8 Å². The molecule has 384 valence electrons. The van der Waals surface area contributed by atoms with E-state index in [0.29, 0.717) is 41.4 Å². The number of allylic oxidation sites excluding steroid dienone is 2. The SMILES string of the molecule is CC1=C2C[C@H]3[C@@H](CC[C@@H]4Cc5[nH]ncc5C[C@@]43C)[C@@H]2CC[C@@]2(C1)O[C@@H]1C[C@H](C)CN(S(N)(=O)=O)[C@H]1[C@H]2C.CC1=C2C[C@H]3[C@@H](CC[C@H]4Cc5[nH]ncc5C[C@@]43C)[C@@H]2CC[C@@]2(C1)O[C@@H]1C[C@H](C)CN[C@H]1[C@H]2C. The van der Waals surface area contributed by atoms with Gasteiger partial charge in [-0.2, -0.15) is 22.9 Å². The molecule has 0 aromatic carbocycles. The van der Waals surface area contributed by atoms with Gasteiger partial charge < -0.3 is 14.8 Å². The van der Waals surface area contributed by atoms with Crippen LogP contribution in [0.1, 0.15) is 168 Å². The molecule has 4 aliphatic heterocycles. The second-order valence-electron chi connectivity index (χ2n) is 27.5. The fourth-order valence-electron chi connectivity index (χ4n) is 20.5. The summed E-state index contributed by atoms with van der Waals surface area (Å²) in [4.78, 5) is 0. The van der Waals surface area contributed by atoms with E-state index >= 15 is 0 Å². The first-order chi connectivity index (χ1) is 33.4. The number of aromatic amines is 2. The maximum absolute atomic E-state index is 12.6. The first-order valence-electron chi connectivity index (χ1n) is 28.7. The molecule has 70 heavy (non-hydrogen) atoms. The lowest BCUT2D eigenvalue weighted by molar-refractivity contribution is -0.0763. The zero-order valence-corrected chi connectivity index (χ0v) is 44.8. The van der Waals surface area contributed by atoms with Gasteiger partial charge in [0.05, 0.1) is 41.8 Å². The Morgan fingerprint density at radius 1 is 0.671 bits per heavy atom. The van der Waals surface area contributed by atoms with E-state index in [-0.39, 0.29) is 35.2 Å². The molecule has 4 saturated heterocycles. The van der Waals surface area contributed by atoms with Gasteiger partial charge in [-0.25, -0.2) is 5.14 Å². The van der Waals surface area contributed by atoms with E-state index in [1.165, 1.54) is 118 Å². The van der Waals surface area contributed by atoms with Gasteiger partial charge in [-0.3, -0.25) is 10.2 Å². The number of H-pyrrole nitrogens is 2. The maximum atomic E-state index is 12.6. The molecule has 5 N–H and O–H groups in total. The molecule has 12 heteroatoms. The van der Waals surface area contributed by atoms with Crippen molar-refractivity contribution in [2.45, 2.75) is 206 Å². The summed E-state index contributed by atoms with van der Waals surface area (Å²) in [5.41, 5.74) is 13.1. The quantitative estimate of drug-likeness (QED) is 0.208. The highest BCUT2D eigenvalue weighted by molar-refractivity contribution is 7.86. The predicted octanol–water partition coefficient (Wildman–Crippen LogP) is 9.81. The lowest BCUT2D eigenvalue weighted by atomic mass is 9.52. The number of piperidine rings is 2. The van der Waals surface area contributed by atoms with Crippen molar-refractivity contribution in [2.24, 2.45) is 87.0 Å². The lowest BCUT2D eigenvalue weighted by Crippen LogP contribution is -2.56. The van der Waals surface area contributed by atoms with Crippen LogP contribution in [-0.4, -0.2) is 81.7 Å². The lowest BCUT2D eigenvalue weighted by Gasteiger charge is -2.52. The largest absolute Gasteiger partial charge is 0.369 e. The summed E-state index contributed by atoms with van der Waals surface area (Å²) in [5.74, 6) is 8.05. The van der Waals surface area contributed by atoms with Gasteiger partial charge in [0.2, 0.25) is 0 Å². The van der Waals surface area contributed by atoms with E-state index in [0.717, 1.165) is 79.6 Å². The van der Waals surface area contributed by atoms with Crippen LogP contribution < -0.4 is 10.5 Å². The summed E-state index contributed by atoms with van der Waals surface area (Å²) in [7, 11) is -3.76. The molecule has 0 radical (unpaired) electrons. The number of rotatable bonds is 1. The molecular formula is C58H87N7O4S. The van der Waals surface area contributed by atoms with Gasteiger partial charge in [0.15, 0.2) is 0 Å². The zero-order chi connectivity index (χ0) is 48.4. The molecule has 12 aliphatic rings. The Hall–Kier alpha value is -2.35. The number of nitrogens with one attached hydrogen (secondary N) is 3. The molecule has 6 heterocycles. The van der Waals surface area contributed by atoms with Crippen LogP contribution in [0.5, 0.6) is 0 Å². The minimum Gasteiger partial charge on any atom is -0.369 e. The van der Waals surface area contributed by atoms with Crippen molar-refractivity contribution in [3.8, 4) is 0 Å². The van der Waals surface area contributed by atoms with E-state index in [1.807, 2.05) is 5.57 Å². The highest BCUT2D eigenvalue weighted by Gasteiger charge is 2.63. The van der Waals surface area contributed by atoms with Crippen molar-refractivity contribution >= 4 is 10.2 Å². The van der Waals surface area contributed by atoms with Crippen molar-refractivity contribution in [2.75, 3.05) is 13.1 Å². The molecule has 2 aromatic rings. The normalized spacial score (nSPS) is 49.2. The van der Waals surface area contributed by atoms with Crippen LogP contribution >= 0.6 is 0 Å². The Kier molecular flexibility index (Phi) is 11.2. The van der Waals surface area contributed by atoms with Crippen LogP contribution in [0.25, 0.3) is 0 Å². The summed E-state index contributed by atoms with van der Waals surface area (Å²) in [6, 6.07) is 0.417. The van der Waals surface area contributed by atoms with Crippen molar-refractivity contribution in [3.63, 3.8) is 0 Å². The van der Waals surface area contributed by atoms with E-state index in [1.54, 1.807) is 15.5 Å². The molecule has 8 fully saturated rings. The van der Waals surface area contributed by atoms with E-state index < -0.39 is 10.2 Å². The van der Waals surface area contributed by atoms with Crippen molar-refractivity contribution in [3.05, 3.63) is 57.2 Å². The zero-order valence-electron chi connectivity index (χ0n) is 44.0. The minimum atomic E-state index is -3.76. The summed E-state index contributed by atoms with van der Waals surface area (Å²) >= 11 is 0. The first-order valence-corrected chi connectivity index (χ1v) is 30.2.